The number of anilines is 2. The third-order valence-corrected chi connectivity index (χ3v) is 2.88. The van der Waals surface area contributed by atoms with Gasteiger partial charge in [0.2, 0.25) is 5.82 Å². The number of aromatic nitrogens is 1. The van der Waals surface area contributed by atoms with Crippen molar-refractivity contribution in [3.63, 3.8) is 0 Å². The van der Waals surface area contributed by atoms with Crippen LogP contribution in [0, 0.1) is 10.1 Å². The molecule has 1 atom stereocenters. The monoisotopic (exact) mass is 254 g/mol. The summed E-state index contributed by atoms with van der Waals surface area (Å²) in [5, 5.41) is 26.0. The molecule has 0 radical (unpaired) electrons. The van der Waals surface area contributed by atoms with Crippen LogP contribution in [0.25, 0.3) is 0 Å². The number of nitrogens with zero attached hydrogens (tertiary/aromatic N) is 2. The van der Waals surface area contributed by atoms with E-state index in [4.69, 9.17) is 0 Å². The van der Waals surface area contributed by atoms with E-state index in [-0.39, 0.29) is 18.1 Å². The fraction of sp³-hybridized carbons (Fsp3) is 0.545. The third kappa shape index (κ3) is 3.07. The van der Waals surface area contributed by atoms with E-state index in [1.54, 1.807) is 14.0 Å². The van der Waals surface area contributed by atoms with Gasteiger partial charge in [0.1, 0.15) is 5.82 Å². The van der Waals surface area contributed by atoms with E-state index < -0.39 is 10.5 Å². The molecule has 7 heteroatoms. The summed E-state index contributed by atoms with van der Waals surface area (Å²) in [7, 11) is 1.68. The average Bonchev–Trinajstić information content (AvgIpc) is 2.38. The Morgan fingerprint density at radius 2 is 2.22 bits per heavy atom. The van der Waals surface area contributed by atoms with E-state index >= 15 is 0 Å². The molecule has 0 saturated heterocycles. The predicted octanol–water partition coefficient (Wildman–Crippen LogP) is 1.60. The first kappa shape index (κ1) is 14.2. The number of hydrogen-bond acceptors (Lipinski definition) is 6. The second-order valence-corrected chi connectivity index (χ2v) is 4.27. The lowest BCUT2D eigenvalue weighted by Crippen LogP contribution is -2.38. The largest absolute Gasteiger partial charge is 0.394 e. The van der Waals surface area contributed by atoms with E-state index in [9.17, 15) is 15.2 Å². The molecular weight excluding hydrogens is 236 g/mol. The average molecular weight is 254 g/mol. The summed E-state index contributed by atoms with van der Waals surface area (Å²) in [5.74, 6) is 0.685. The van der Waals surface area contributed by atoms with Gasteiger partial charge in [-0.05, 0) is 19.4 Å². The zero-order valence-corrected chi connectivity index (χ0v) is 10.7. The van der Waals surface area contributed by atoms with Crippen molar-refractivity contribution in [2.75, 3.05) is 24.3 Å². The Labute approximate surface area is 105 Å². The molecule has 0 aliphatic carbocycles. The number of nitro groups is 1. The van der Waals surface area contributed by atoms with Gasteiger partial charge < -0.3 is 15.7 Å². The lowest BCUT2D eigenvalue weighted by Gasteiger charge is -2.27. The van der Waals surface area contributed by atoms with Crippen LogP contribution in [0.4, 0.5) is 17.3 Å². The molecule has 7 nitrogen and oxygen atoms in total. The molecule has 0 aliphatic rings. The zero-order valence-electron chi connectivity index (χ0n) is 10.7. The highest BCUT2D eigenvalue weighted by atomic mass is 16.6. The minimum absolute atomic E-state index is 0.109. The minimum Gasteiger partial charge on any atom is -0.394 e. The van der Waals surface area contributed by atoms with Crippen molar-refractivity contribution < 1.29 is 10.0 Å². The normalized spacial score (nSPS) is 13.8. The minimum atomic E-state index is -0.635. The molecule has 1 aromatic rings. The van der Waals surface area contributed by atoms with Gasteiger partial charge in [-0.1, -0.05) is 6.92 Å². The number of rotatable bonds is 6. The maximum Gasteiger partial charge on any atom is 0.311 e. The quantitative estimate of drug-likeness (QED) is 0.526. The number of hydrogen-bond donors (Lipinski definition) is 3. The summed E-state index contributed by atoms with van der Waals surface area (Å²) in [4.78, 5) is 14.5. The van der Waals surface area contributed by atoms with Crippen LogP contribution in [0.5, 0.6) is 0 Å². The third-order valence-electron chi connectivity index (χ3n) is 2.88. The van der Waals surface area contributed by atoms with Gasteiger partial charge in [0.25, 0.3) is 0 Å². The van der Waals surface area contributed by atoms with Gasteiger partial charge >= 0.3 is 5.69 Å². The van der Waals surface area contributed by atoms with Gasteiger partial charge in [-0.2, -0.15) is 0 Å². The molecule has 1 rings (SSSR count). The van der Waals surface area contributed by atoms with E-state index in [1.807, 2.05) is 6.92 Å². The van der Waals surface area contributed by atoms with Crippen LogP contribution in [-0.2, 0) is 0 Å². The first-order valence-electron chi connectivity index (χ1n) is 5.68. The molecule has 0 saturated carbocycles. The number of aliphatic hydroxyl groups is 1. The molecule has 1 heterocycles. The van der Waals surface area contributed by atoms with Crippen molar-refractivity contribution in [1.82, 2.24) is 4.98 Å². The molecule has 100 valence electrons. The fourth-order valence-corrected chi connectivity index (χ4v) is 1.36. The molecule has 1 aromatic heterocycles. The second-order valence-electron chi connectivity index (χ2n) is 4.27. The maximum atomic E-state index is 10.9. The predicted molar refractivity (Wildman–Crippen MR) is 69.8 cm³/mol. The highest BCUT2D eigenvalue weighted by molar-refractivity contribution is 5.61. The molecule has 0 bridgehead atoms. The maximum absolute atomic E-state index is 10.9. The number of pyridine rings is 1. The van der Waals surface area contributed by atoms with E-state index in [2.05, 4.69) is 15.6 Å². The Bertz CT molecular complexity index is 432. The molecular formula is C11H18N4O3. The van der Waals surface area contributed by atoms with Crippen LogP contribution in [0.2, 0.25) is 0 Å². The number of nitrogens with one attached hydrogen (secondary N) is 2. The molecule has 0 amide bonds. The molecule has 3 N–H and O–H groups in total. The van der Waals surface area contributed by atoms with Crippen molar-refractivity contribution in [3.8, 4) is 0 Å². The Morgan fingerprint density at radius 1 is 1.56 bits per heavy atom. The van der Waals surface area contributed by atoms with Crippen LogP contribution in [0.1, 0.15) is 20.3 Å². The Kier molecular flexibility index (Phi) is 4.43. The van der Waals surface area contributed by atoms with Crippen molar-refractivity contribution in [1.29, 1.82) is 0 Å². The van der Waals surface area contributed by atoms with Crippen molar-refractivity contribution >= 4 is 17.3 Å². The van der Waals surface area contributed by atoms with Gasteiger partial charge in [0.05, 0.1) is 17.1 Å². The second kappa shape index (κ2) is 5.63. The SMILES string of the molecule is CCC(C)(CO)Nc1nc(NC)ccc1[N+](=O)[O-]. The fourth-order valence-electron chi connectivity index (χ4n) is 1.36. The summed E-state index contributed by atoms with van der Waals surface area (Å²) in [6, 6.07) is 2.92. The molecule has 1 unspecified atom stereocenters. The van der Waals surface area contributed by atoms with Crippen LogP contribution < -0.4 is 10.6 Å². The summed E-state index contributed by atoms with van der Waals surface area (Å²) in [5.41, 5.74) is -0.744. The van der Waals surface area contributed by atoms with E-state index in [0.717, 1.165) is 0 Å². The standard InChI is InChI=1S/C11H18N4O3/c1-4-11(2,7-16)14-10-8(15(17)18)5-6-9(12-3)13-10/h5-6,16H,4,7H2,1-3H3,(H2,12,13,14). The van der Waals surface area contributed by atoms with Crippen LogP contribution in [0.15, 0.2) is 12.1 Å². The van der Waals surface area contributed by atoms with Crippen LogP contribution >= 0.6 is 0 Å². The van der Waals surface area contributed by atoms with E-state index in [0.29, 0.717) is 12.2 Å². The summed E-state index contributed by atoms with van der Waals surface area (Å²) in [6.45, 7) is 3.54. The molecule has 0 aliphatic heterocycles. The first-order chi connectivity index (χ1) is 8.45. The summed E-state index contributed by atoms with van der Waals surface area (Å²) in [6.07, 6.45) is 0.617. The molecule has 18 heavy (non-hydrogen) atoms. The Hall–Kier alpha value is -1.89. The van der Waals surface area contributed by atoms with Gasteiger partial charge in [-0.25, -0.2) is 4.98 Å². The summed E-state index contributed by atoms with van der Waals surface area (Å²) < 4.78 is 0. The molecule has 0 aromatic carbocycles. The van der Waals surface area contributed by atoms with Crippen LogP contribution in [-0.4, -0.2) is 34.2 Å². The van der Waals surface area contributed by atoms with Crippen molar-refractivity contribution in [3.05, 3.63) is 22.2 Å². The molecule has 0 spiro atoms. The Morgan fingerprint density at radius 3 is 2.67 bits per heavy atom. The Balaban J connectivity index is 3.15. The van der Waals surface area contributed by atoms with Gasteiger partial charge in [0.15, 0.2) is 0 Å². The lowest BCUT2D eigenvalue weighted by molar-refractivity contribution is -0.384. The van der Waals surface area contributed by atoms with Crippen molar-refractivity contribution in [2.45, 2.75) is 25.8 Å². The number of aliphatic hydroxyl groups excluding tert-OH is 1. The van der Waals surface area contributed by atoms with Crippen molar-refractivity contribution in [2.24, 2.45) is 0 Å². The topological polar surface area (TPSA) is 100 Å². The first-order valence-corrected chi connectivity index (χ1v) is 5.68. The highest BCUT2D eigenvalue weighted by Crippen LogP contribution is 2.27. The smallest absolute Gasteiger partial charge is 0.311 e. The zero-order chi connectivity index (χ0) is 13.8. The molecule has 0 fully saturated rings. The highest BCUT2D eigenvalue weighted by Gasteiger charge is 2.26. The summed E-state index contributed by atoms with van der Waals surface area (Å²) >= 11 is 0. The lowest BCUT2D eigenvalue weighted by atomic mass is 10.0. The van der Waals surface area contributed by atoms with Gasteiger partial charge in [-0.3, -0.25) is 10.1 Å². The van der Waals surface area contributed by atoms with E-state index in [1.165, 1.54) is 12.1 Å². The van der Waals surface area contributed by atoms with Gasteiger partial charge in [0, 0.05) is 13.1 Å². The van der Waals surface area contributed by atoms with Gasteiger partial charge in [-0.15, -0.1) is 0 Å². The van der Waals surface area contributed by atoms with Crippen LogP contribution in [0.3, 0.4) is 0 Å².